The molecule has 33 heavy (non-hydrogen) atoms. The van der Waals surface area contributed by atoms with Crippen LogP contribution in [0.1, 0.15) is 11.6 Å². The van der Waals surface area contributed by atoms with Crippen molar-refractivity contribution in [1.29, 1.82) is 0 Å². The zero-order valence-electron chi connectivity index (χ0n) is 18.1. The Morgan fingerprint density at radius 1 is 1.18 bits per heavy atom. The molecule has 2 aromatic rings. The number of halogens is 3. The van der Waals surface area contributed by atoms with E-state index in [2.05, 4.69) is 20.8 Å². The third-order valence-electron chi connectivity index (χ3n) is 5.87. The maximum Gasteiger partial charge on any atom is 0.265 e. The maximum absolute atomic E-state index is 13.4. The molecule has 0 spiro atoms. The highest BCUT2D eigenvalue weighted by atomic mass is 79.9. The van der Waals surface area contributed by atoms with E-state index in [0.29, 0.717) is 41.2 Å². The number of fused-ring (bicyclic) bond motifs is 1. The van der Waals surface area contributed by atoms with Gasteiger partial charge >= 0.3 is 0 Å². The molecule has 0 radical (unpaired) electrons. The van der Waals surface area contributed by atoms with Crippen molar-refractivity contribution < 1.29 is 19.1 Å². The van der Waals surface area contributed by atoms with Crippen LogP contribution in [0.15, 0.2) is 40.9 Å². The summed E-state index contributed by atoms with van der Waals surface area (Å²) in [6.45, 7) is 3.33. The predicted octanol–water partition coefficient (Wildman–Crippen LogP) is 4.01. The summed E-state index contributed by atoms with van der Waals surface area (Å²) in [5.41, 5.74) is 1.45. The number of likely N-dealkylation sites (N-methyl/N-ethyl adjacent to an activating group) is 1. The van der Waals surface area contributed by atoms with Crippen molar-refractivity contribution in [2.45, 2.75) is 6.04 Å². The van der Waals surface area contributed by atoms with E-state index in [1.807, 2.05) is 24.3 Å². The molecule has 0 bridgehead atoms. The first-order chi connectivity index (χ1) is 15.8. The Bertz CT molecular complexity index is 1050. The molecule has 10 heteroatoms. The van der Waals surface area contributed by atoms with E-state index in [1.165, 1.54) is 4.90 Å². The minimum absolute atomic E-state index is 0.128. The molecular weight excluding hydrogens is 533 g/mol. The zero-order valence-corrected chi connectivity index (χ0v) is 21.2. The summed E-state index contributed by atoms with van der Waals surface area (Å²) in [7, 11) is 1.77. The number of anilines is 1. The summed E-state index contributed by atoms with van der Waals surface area (Å²) in [5.74, 6) is -0.0772. The molecule has 176 valence electrons. The van der Waals surface area contributed by atoms with Crippen molar-refractivity contribution in [3.8, 4) is 5.75 Å². The van der Waals surface area contributed by atoms with E-state index in [0.717, 1.165) is 23.1 Å². The molecule has 1 atom stereocenters. The summed E-state index contributed by atoms with van der Waals surface area (Å²) < 4.78 is 11.9. The number of rotatable bonds is 6. The third kappa shape index (κ3) is 5.63. The van der Waals surface area contributed by atoms with Crippen LogP contribution in [-0.2, 0) is 14.3 Å². The summed E-state index contributed by atoms with van der Waals surface area (Å²) in [4.78, 5) is 31.5. The van der Waals surface area contributed by atoms with Crippen LogP contribution in [0.2, 0.25) is 10.0 Å². The Balaban J connectivity index is 1.57. The van der Waals surface area contributed by atoms with Crippen molar-refractivity contribution in [1.82, 2.24) is 9.80 Å². The van der Waals surface area contributed by atoms with Crippen LogP contribution in [0.3, 0.4) is 0 Å². The van der Waals surface area contributed by atoms with Gasteiger partial charge in [0.15, 0.2) is 6.61 Å². The standard InChI is InChI=1S/C23H24BrCl2N3O4/c1-27(20(12-28-5-7-32-8-6-28)15-3-2-4-16(24)9-15)22(30)13-29-19-10-17(25)18(26)11-21(19)33-14-23(29)31/h2-4,9-11,20H,5-8,12-14H2,1H3. The van der Waals surface area contributed by atoms with Gasteiger partial charge in [-0.1, -0.05) is 51.3 Å². The fourth-order valence-corrected chi connectivity index (χ4v) is 4.71. The molecule has 0 N–H and O–H groups in total. The molecular formula is C23H24BrCl2N3O4. The molecule has 0 aliphatic carbocycles. The molecule has 0 aromatic heterocycles. The average molecular weight is 557 g/mol. The van der Waals surface area contributed by atoms with Gasteiger partial charge in [-0.15, -0.1) is 0 Å². The fourth-order valence-electron chi connectivity index (χ4n) is 3.98. The minimum Gasteiger partial charge on any atom is -0.482 e. The number of benzene rings is 2. The number of amides is 2. The first kappa shape index (κ1) is 24.3. The van der Waals surface area contributed by atoms with Crippen LogP contribution in [-0.4, -0.2) is 74.7 Å². The van der Waals surface area contributed by atoms with Crippen LogP contribution in [0.25, 0.3) is 0 Å². The first-order valence-corrected chi connectivity index (χ1v) is 12.1. The molecule has 7 nitrogen and oxygen atoms in total. The second kappa shape index (κ2) is 10.6. The van der Waals surface area contributed by atoms with Gasteiger partial charge in [0.2, 0.25) is 5.91 Å². The molecule has 1 fully saturated rings. The molecule has 2 aliphatic heterocycles. The fraction of sp³-hybridized carbons (Fsp3) is 0.391. The molecule has 0 saturated carbocycles. The lowest BCUT2D eigenvalue weighted by Crippen LogP contribution is -2.48. The average Bonchev–Trinajstić information content (AvgIpc) is 2.81. The molecule has 2 heterocycles. The quantitative estimate of drug-likeness (QED) is 0.538. The summed E-state index contributed by atoms with van der Waals surface area (Å²) >= 11 is 15.8. The van der Waals surface area contributed by atoms with E-state index in [1.54, 1.807) is 24.1 Å². The van der Waals surface area contributed by atoms with Crippen LogP contribution in [0.5, 0.6) is 5.75 Å². The van der Waals surface area contributed by atoms with Gasteiger partial charge < -0.3 is 14.4 Å². The highest BCUT2D eigenvalue weighted by Gasteiger charge is 2.32. The Morgan fingerprint density at radius 2 is 1.91 bits per heavy atom. The number of ether oxygens (including phenoxy) is 2. The van der Waals surface area contributed by atoms with Gasteiger partial charge in [-0.25, -0.2) is 0 Å². The largest absolute Gasteiger partial charge is 0.482 e. The molecule has 2 aromatic carbocycles. The number of morpholine rings is 1. The highest BCUT2D eigenvalue weighted by Crippen LogP contribution is 2.39. The van der Waals surface area contributed by atoms with Gasteiger partial charge in [0.05, 0.1) is 35.0 Å². The second-order valence-corrected chi connectivity index (χ2v) is 9.72. The Morgan fingerprint density at radius 3 is 2.64 bits per heavy atom. The minimum atomic E-state index is -0.310. The molecule has 2 aliphatic rings. The SMILES string of the molecule is CN(C(=O)CN1C(=O)COc2cc(Cl)c(Cl)cc21)C(CN1CCOCC1)c1cccc(Br)c1. The van der Waals surface area contributed by atoms with Crippen LogP contribution in [0, 0.1) is 0 Å². The predicted molar refractivity (Wildman–Crippen MR) is 131 cm³/mol. The van der Waals surface area contributed by atoms with Gasteiger partial charge in [-0.3, -0.25) is 19.4 Å². The lowest BCUT2D eigenvalue weighted by atomic mass is 10.0. The Labute approximate surface area is 211 Å². The molecule has 1 saturated heterocycles. The van der Waals surface area contributed by atoms with E-state index in [-0.39, 0.29) is 31.0 Å². The normalized spacial score (nSPS) is 17.3. The topological polar surface area (TPSA) is 62.3 Å². The first-order valence-electron chi connectivity index (χ1n) is 10.6. The number of carbonyl (C=O) groups is 2. The summed E-state index contributed by atoms with van der Waals surface area (Å²) in [5, 5.41) is 0.618. The van der Waals surface area contributed by atoms with E-state index >= 15 is 0 Å². The van der Waals surface area contributed by atoms with Gasteiger partial charge in [-0.2, -0.15) is 0 Å². The van der Waals surface area contributed by atoms with Crippen LogP contribution < -0.4 is 9.64 Å². The molecule has 4 rings (SSSR count). The van der Waals surface area contributed by atoms with Crippen LogP contribution in [0.4, 0.5) is 5.69 Å². The van der Waals surface area contributed by atoms with E-state index in [9.17, 15) is 9.59 Å². The number of hydrogen-bond donors (Lipinski definition) is 0. The summed E-state index contributed by atoms with van der Waals surface area (Å²) in [6.07, 6.45) is 0. The van der Waals surface area contributed by atoms with E-state index in [4.69, 9.17) is 32.7 Å². The second-order valence-electron chi connectivity index (χ2n) is 7.99. The Kier molecular flexibility index (Phi) is 7.81. The maximum atomic E-state index is 13.4. The van der Waals surface area contributed by atoms with Crippen molar-refractivity contribution in [2.75, 3.05) is 57.9 Å². The third-order valence-corrected chi connectivity index (χ3v) is 7.08. The molecule has 2 amide bonds. The number of carbonyl (C=O) groups excluding carboxylic acids is 2. The smallest absolute Gasteiger partial charge is 0.265 e. The molecule has 1 unspecified atom stereocenters. The van der Waals surface area contributed by atoms with Crippen molar-refractivity contribution in [3.63, 3.8) is 0 Å². The Hall–Kier alpha value is -1.84. The number of hydrogen-bond acceptors (Lipinski definition) is 5. The monoisotopic (exact) mass is 555 g/mol. The van der Waals surface area contributed by atoms with Crippen molar-refractivity contribution in [3.05, 3.63) is 56.5 Å². The summed E-state index contributed by atoms with van der Waals surface area (Å²) in [6, 6.07) is 10.9. The van der Waals surface area contributed by atoms with Gasteiger partial charge in [0.1, 0.15) is 12.3 Å². The van der Waals surface area contributed by atoms with Crippen LogP contribution >= 0.6 is 39.1 Å². The van der Waals surface area contributed by atoms with Crippen molar-refractivity contribution >= 4 is 56.6 Å². The number of nitrogens with zero attached hydrogens (tertiary/aromatic N) is 3. The van der Waals surface area contributed by atoms with E-state index < -0.39 is 0 Å². The highest BCUT2D eigenvalue weighted by molar-refractivity contribution is 9.10. The van der Waals surface area contributed by atoms with Gasteiger partial charge in [0, 0.05) is 37.2 Å². The lowest BCUT2D eigenvalue weighted by Gasteiger charge is -2.37. The van der Waals surface area contributed by atoms with Gasteiger partial charge in [0.25, 0.3) is 5.91 Å². The zero-order chi connectivity index (χ0) is 23.5. The van der Waals surface area contributed by atoms with Crippen molar-refractivity contribution in [2.24, 2.45) is 0 Å². The lowest BCUT2D eigenvalue weighted by molar-refractivity contribution is -0.133. The van der Waals surface area contributed by atoms with Gasteiger partial charge in [-0.05, 0) is 23.8 Å².